The second kappa shape index (κ2) is 26.5. The molecule has 0 spiro atoms. The molecule has 0 fully saturated rings. The molecule has 320 valence electrons. The van der Waals surface area contributed by atoms with E-state index in [0.29, 0.717) is 19.3 Å². The van der Waals surface area contributed by atoms with Gasteiger partial charge in [-0.15, -0.1) is 0 Å². The molecule has 0 bridgehead atoms. The van der Waals surface area contributed by atoms with E-state index >= 15 is 0 Å². The second-order valence-electron chi connectivity index (χ2n) is 16.2. The van der Waals surface area contributed by atoms with Crippen molar-refractivity contribution in [3.8, 4) is 0 Å². The standard InChI is InChI=1S/C47H70N4O7/c1-6-8-9-10-11-12-13-17-27-39(45(55)50-40(28-33(3)4)43(53)30-44(54)48-42(31-52)34(5)7-2)49-46(56)41(51-47(57)58-32-35-21-15-14-16-22-35)29-37-25-20-24-36-23-18-19-26-38(36)37/h14-16,18-26,33-34,39-43,52-53H,6-13,17,27-32H2,1-5H3,(H,48,54)(H,49,56)(H,50,55)(H,51,57)/t34?,39-,40?,41-,42+,43?/m0/s1. The van der Waals surface area contributed by atoms with Crippen LogP contribution in [0.3, 0.4) is 0 Å². The Labute approximate surface area is 346 Å². The fourth-order valence-corrected chi connectivity index (χ4v) is 7.18. The number of ether oxygens (including phenoxy) is 1. The second-order valence-corrected chi connectivity index (χ2v) is 16.2. The maximum absolute atomic E-state index is 14.3. The van der Waals surface area contributed by atoms with Gasteiger partial charge in [-0.1, -0.05) is 165 Å². The fourth-order valence-electron chi connectivity index (χ4n) is 7.18. The number of fused-ring (bicyclic) bond motifs is 1. The first-order valence-electron chi connectivity index (χ1n) is 21.6. The number of hydrogen-bond donors (Lipinski definition) is 6. The van der Waals surface area contributed by atoms with E-state index in [1.54, 1.807) is 0 Å². The van der Waals surface area contributed by atoms with Crippen LogP contribution in [0, 0.1) is 11.8 Å². The number of carbonyl (C=O) groups excluding carboxylic acids is 4. The van der Waals surface area contributed by atoms with Crippen LogP contribution >= 0.6 is 0 Å². The number of unbranched alkanes of at least 4 members (excludes halogenated alkanes) is 7. The van der Waals surface area contributed by atoms with Gasteiger partial charge in [0.1, 0.15) is 18.7 Å². The molecule has 3 rings (SSSR count). The lowest BCUT2D eigenvalue weighted by Gasteiger charge is -2.29. The molecule has 0 heterocycles. The number of amides is 4. The molecule has 0 saturated heterocycles. The van der Waals surface area contributed by atoms with E-state index in [2.05, 4.69) is 28.2 Å². The molecule has 0 aliphatic heterocycles. The first-order valence-corrected chi connectivity index (χ1v) is 21.6. The Morgan fingerprint density at radius 2 is 1.33 bits per heavy atom. The summed E-state index contributed by atoms with van der Waals surface area (Å²) in [5.41, 5.74) is 1.65. The van der Waals surface area contributed by atoms with Gasteiger partial charge >= 0.3 is 6.09 Å². The monoisotopic (exact) mass is 803 g/mol. The van der Waals surface area contributed by atoms with Crippen LogP contribution in [0.2, 0.25) is 0 Å². The number of hydrogen-bond acceptors (Lipinski definition) is 7. The highest BCUT2D eigenvalue weighted by atomic mass is 16.5. The average molecular weight is 803 g/mol. The van der Waals surface area contributed by atoms with E-state index < -0.39 is 54.1 Å². The summed E-state index contributed by atoms with van der Waals surface area (Å²) in [6.07, 6.45) is 7.87. The van der Waals surface area contributed by atoms with Crippen LogP contribution in [0.25, 0.3) is 10.8 Å². The van der Waals surface area contributed by atoms with Crippen molar-refractivity contribution in [2.24, 2.45) is 11.8 Å². The van der Waals surface area contributed by atoms with Crippen LogP contribution in [-0.2, 0) is 32.1 Å². The molecular weight excluding hydrogens is 733 g/mol. The summed E-state index contributed by atoms with van der Waals surface area (Å²) >= 11 is 0. The molecule has 3 aromatic rings. The molecule has 11 nitrogen and oxygen atoms in total. The van der Waals surface area contributed by atoms with Crippen LogP contribution < -0.4 is 21.3 Å². The Morgan fingerprint density at radius 1 is 0.690 bits per heavy atom. The zero-order chi connectivity index (χ0) is 42.3. The van der Waals surface area contributed by atoms with Crippen LogP contribution in [-0.4, -0.2) is 70.9 Å². The summed E-state index contributed by atoms with van der Waals surface area (Å²) in [4.78, 5) is 54.8. The van der Waals surface area contributed by atoms with Crippen molar-refractivity contribution in [2.75, 3.05) is 6.61 Å². The molecule has 0 radical (unpaired) electrons. The molecule has 3 aromatic carbocycles. The van der Waals surface area contributed by atoms with E-state index in [0.717, 1.165) is 54.0 Å². The third-order valence-corrected chi connectivity index (χ3v) is 10.9. The highest BCUT2D eigenvalue weighted by molar-refractivity contribution is 5.92. The molecule has 6 N–H and O–H groups in total. The Balaban J connectivity index is 1.83. The van der Waals surface area contributed by atoms with Crippen molar-refractivity contribution >= 4 is 34.6 Å². The Kier molecular flexibility index (Phi) is 21.9. The molecule has 0 aromatic heterocycles. The molecule has 0 aliphatic rings. The SMILES string of the molecule is CCCCCCCCCC[C@H](NC(=O)[C@H](Cc1cccc2ccccc12)NC(=O)OCc1ccccc1)C(=O)NC(CC(C)C)C(O)CC(=O)N[C@H](CO)C(C)CC. The number of rotatable bonds is 27. The van der Waals surface area contributed by atoms with Crippen molar-refractivity contribution in [3.63, 3.8) is 0 Å². The van der Waals surface area contributed by atoms with Gasteiger partial charge in [-0.3, -0.25) is 14.4 Å². The van der Waals surface area contributed by atoms with Gasteiger partial charge in [0.15, 0.2) is 0 Å². The van der Waals surface area contributed by atoms with E-state index in [1.165, 1.54) is 19.3 Å². The molecule has 0 aliphatic carbocycles. The Hall–Kier alpha value is -4.48. The summed E-state index contributed by atoms with van der Waals surface area (Å²) < 4.78 is 5.53. The van der Waals surface area contributed by atoms with E-state index in [4.69, 9.17) is 4.74 Å². The molecule has 11 heteroatoms. The summed E-state index contributed by atoms with van der Waals surface area (Å²) in [6, 6.07) is 19.7. The van der Waals surface area contributed by atoms with Gasteiger partial charge in [0, 0.05) is 6.42 Å². The summed E-state index contributed by atoms with van der Waals surface area (Å²) in [5, 5.41) is 34.7. The molecule has 6 atom stereocenters. The summed E-state index contributed by atoms with van der Waals surface area (Å²) in [6.45, 7) is 9.85. The lowest BCUT2D eigenvalue weighted by atomic mass is 9.95. The van der Waals surface area contributed by atoms with E-state index in [1.807, 2.05) is 100 Å². The maximum Gasteiger partial charge on any atom is 0.408 e. The molecular formula is C47H70N4O7. The zero-order valence-electron chi connectivity index (χ0n) is 35.5. The number of benzene rings is 3. The van der Waals surface area contributed by atoms with Crippen LogP contribution in [0.1, 0.15) is 123 Å². The van der Waals surface area contributed by atoms with Crippen LogP contribution in [0.15, 0.2) is 72.8 Å². The van der Waals surface area contributed by atoms with Crippen molar-refractivity contribution in [1.29, 1.82) is 0 Å². The number of carbonyl (C=O) groups is 4. The Bertz CT molecular complexity index is 1660. The lowest BCUT2D eigenvalue weighted by Crippen LogP contribution is -2.57. The predicted molar refractivity (Wildman–Crippen MR) is 231 cm³/mol. The third-order valence-electron chi connectivity index (χ3n) is 10.9. The van der Waals surface area contributed by atoms with Gasteiger partial charge in [-0.2, -0.15) is 0 Å². The molecule has 58 heavy (non-hydrogen) atoms. The van der Waals surface area contributed by atoms with E-state index in [-0.39, 0.29) is 37.9 Å². The summed E-state index contributed by atoms with van der Waals surface area (Å²) in [7, 11) is 0. The first-order chi connectivity index (χ1) is 27.9. The van der Waals surface area contributed by atoms with Gasteiger partial charge in [-0.25, -0.2) is 4.79 Å². The minimum Gasteiger partial charge on any atom is -0.445 e. The lowest BCUT2D eigenvalue weighted by molar-refractivity contribution is -0.131. The first kappa shape index (κ1) is 47.9. The van der Waals surface area contributed by atoms with Gasteiger partial charge in [0.05, 0.1) is 31.2 Å². The van der Waals surface area contributed by atoms with Crippen molar-refractivity contribution in [3.05, 3.63) is 83.9 Å². The van der Waals surface area contributed by atoms with Gasteiger partial charge < -0.3 is 36.2 Å². The van der Waals surface area contributed by atoms with Gasteiger partial charge in [0.25, 0.3) is 0 Å². The van der Waals surface area contributed by atoms with Crippen molar-refractivity contribution in [2.45, 2.75) is 155 Å². The van der Waals surface area contributed by atoms with Crippen LogP contribution in [0.5, 0.6) is 0 Å². The highest BCUT2D eigenvalue weighted by Gasteiger charge is 2.32. The number of aliphatic hydroxyl groups excluding tert-OH is 2. The number of alkyl carbamates (subject to hydrolysis) is 1. The quantitative estimate of drug-likeness (QED) is 0.0435. The average Bonchev–Trinajstić information content (AvgIpc) is 3.21. The number of aliphatic hydroxyl groups is 2. The predicted octanol–water partition coefficient (Wildman–Crippen LogP) is 7.50. The Morgan fingerprint density at radius 3 is 2.00 bits per heavy atom. The fraction of sp³-hybridized carbons (Fsp3) is 0.574. The highest BCUT2D eigenvalue weighted by Crippen LogP contribution is 2.21. The number of nitrogens with one attached hydrogen (secondary N) is 4. The van der Waals surface area contributed by atoms with Crippen molar-refractivity contribution in [1.82, 2.24) is 21.3 Å². The molecule has 4 amide bonds. The minimum absolute atomic E-state index is 0.0225. The maximum atomic E-state index is 14.3. The van der Waals surface area contributed by atoms with Crippen LogP contribution in [0.4, 0.5) is 4.79 Å². The topological polar surface area (TPSA) is 166 Å². The summed E-state index contributed by atoms with van der Waals surface area (Å²) in [5.74, 6) is -1.30. The normalized spacial score (nSPS) is 14.5. The largest absolute Gasteiger partial charge is 0.445 e. The van der Waals surface area contributed by atoms with Crippen molar-refractivity contribution < 1.29 is 34.1 Å². The minimum atomic E-state index is -1.21. The zero-order valence-corrected chi connectivity index (χ0v) is 35.5. The third kappa shape index (κ3) is 17.2. The molecule has 3 unspecified atom stereocenters. The van der Waals surface area contributed by atoms with E-state index in [9.17, 15) is 29.4 Å². The smallest absolute Gasteiger partial charge is 0.408 e. The van der Waals surface area contributed by atoms with Gasteiger partial charge in [0.2, 0.25) is 17.7 Å². The molecule has 0 saturated carbocycles. The van der Waals surface area contributed by atoms with Gasteiger partial charge in [-0.05, 0) is 46.6 Å².